The molecule has 1 fully saturated rings. The maximum atomic E-state index is 11.4. The van der Waals surface area contributed by atoms with Gasteiger partial charge in [-0.05, 0) is 25.8 Å². The topological polar surface area (TPSA) is 41.5 Å². The lowest BCUT2D eigenvalue weighted by Crippen LogP contribution is -2.20. The van der Waals surface area contributed by atoms with Crippen molar-refractivity contribution in [2.24, 2.45) is 11.0 Å². The molecule has 0 bridgehead atoms. The molecule has 0 aromatic heterocycles. The second-order valence-corrected chi connectivity index (χ2v) is 4.78. The van der Waals surface area contributed by atoms with Gasteiger partial charge in [-0.3, -0.25) is 4.79 Å². The quantitative estimate of drug-likeness (QED) is 0.671. The van der Waals surface area contributed by atoms with Crippen molar-refractivity contribution in [1.82, 2.24) is 5.43 Å². The van der Waals surface area contributed by atoms with Crippen molar-refractivity contribution in [3.8, 4) is 0 Å². The van der Waals surface area contributed by atoms with Crippen molar-refractivity contribution in [3.05, 3.63) is 34.3 Å². The van der Waals surface area contributed by atoms with Crippen LogP contribution in [0.1, 0.15) is 25.3 Å². The van der Waals surface area contributed by atoms with Gasteiger partial charge in [-0.15, -0.1) is 0 Å². The molecule has 1 aliphatic carbocycles. The number of hydrazone groups is 1. The maximum absolute atomic E-state index is 11.4. The molecule has 1 saturated carbocycles. The molecule has 84 valence electrons. The molecular formula is C12H13BrN2O. The smallest absolute Gasteiger partial charge is 0.243 e. The fraction of sp³-hybridized carbons (Fsp3) is 0.333. The molecule has 2 rings (SSSR count). The summed E-state index contributed by atoms with van der Waals surface area (Å²) >= 11 is 3.45. The van der Waals surface area contributed by atoms with E-state index >= 15 is 0 Å². The number of rotatable bonds is 3. The molecule has 0 radical (unpaired) electrons. The Morgan fingerprint density at radius 2 is 2.12 bits per heavy atom. The largest absolute Gasteiger partial charge is 0.273 e. The molecule has 16 heavy (non-hydrogen) atoms. The monoisotopic (exact) mass is 280 g/mol. The highest BCUT2D eigenvalue weighted by molar-refractivity contribution is 9.10. The Hall–Kier alpha value is -1.16. The van der Waals surface area contributed by atoms with Gasteiger partial charge < -0.3 is 0 Å². The van der Waals surface area contributed by atoms with Gasteiger partial charge in [0.15, 0.2) is 0 Å². The summed E-state index contributed by atoms with van der Waals surface area (Å²) in [6.45, 7) is 1.88. The average Bonchev–Trinajstić information content (AvgIpc) is 3.10. The summed E-state index contributed by atoms with van der Waals surface area (Å²) in [6, 6.07) is 7.81. The van der Waals surface area contributed by atoms with Gasteiger partial charge in [0.25, 0.3) is 0 Å². The summed E-state index contributed by atoms with van der Waals surface area (Å²) in [5, 5.41) is 4.10. The molecule has 0 aliphatic heterocycles. The summed E-state index contributed by atoms with van der Waals surface area (Å²) in [5.41, 5.74) is 4.40. The molecule has 4 heteroatoms. The van der Waals surface area contributed by atoms with Crippen LogP contribution in [0.4, 0.5) is 0 Å². The molecule has 0 unspecified atom stereocenters. The summed E-state index contributed by atoms with van der Waals surface area (Å²) in [7, 11) is 0. The van der Waals surface area contributed by atoms with Gasteiger partial charge >= 0.3 is 0 Å². The van der Waals surface area contributed by atoms with E-state index in [9.17, 15) is 4.79 Å². The van der Waals surface area contributed by atoms with Gasteiger partial charge in [-0.1, -0.05) is 34.1 Å². The van der Waals surface area contributed by atoms with Crippen molar-refractivity contribution in [2.75, 3.05) is 0 Å². The Morgan fingerprint density at radius 3 is 2.75 bits per heavy atom. The lowest BCUT2D eigenvalue weighted by atomic mass is 10.1. The minimum absolute atomic E-state index is 0.0337. The summed E-state index contributed by atoms with van der Waals surface area (Å²) in [4.78, 5) is 11.4. The van der Waals surface area contributed by atoms with Gasteiger partial charge in [0, 0.05) is 16.0 Å². The molecule has 1 N–H and O–H groups in total. The first-order valence-electron chi connectivity index (χ1n) is 5.27. The van der Waals surface area contributed by atoms with Crippen molar-refractivity contribution >= 4 is 27.5 Å². The van der Waals surface area contributed by atoms with Gasteiger partial charge in [0.1, 0.15) is 0 Å². The van der Waals surface area contributed by atoms with E-state index < -0.39 is 0 Å². The predicted octanol–water partition coefficient (Wildman–Crippen LogP) is 2.70. The van der Waals surface area contributed by atoms with E-state index in [1.54, 1.807) is 0 Å². The highest BCUT2D eigenvalue weighted by Crippen LogP contribution is 2.28. The number of halogens is 1. The van der Waals surface area contributed by atoms with Crippen LogP contribution in [0, 0.1) is 5.92 Å². The van der Waals surface area contributed by atoms with Crippen LogP contribution < -0.4 is 5.43 Å². The van der Waals surface area contributed by atoms with Crippen LogP contribution in [0.25, 0.3) is 0 Å². The molecule has 0 heterocycles. The number of amides is 1. The molecular weight excluding hydrogens is 268 g/mol. The molecule has 0 atom stereocenters. The van der Waals surface area contributed by atoms with Gasteiger partial charge in [0.05, 0.1) is 5.71 Å². The summed E-state index contributed by atoms with van der Waals surface area (Å²) in [6.07, 6.45) is 1.99. The first kappa shape index (κ1) is 11.3. The maximum Gasteiger partial charge on any atom is 0.243 e. The minimum atomic E-state index is 0.0337. The van der Waals surface area contributed by atoms with Gasteiger partial charge in [-0.2, -0.15) is 5.10 Å². The third kappa shape index (κ3) is 2.70. The fourth-order valence-electron chi connectivity index (χ4n) is 1.39. The highest BCUT2D eigenvalue weighted by atomic mass is 79.9. The van der Waals surface area contributed by atoms with E-state index in [1.165, 1.54) is 0 Å². The average molecular weight is 281 g/mol. The molecule has 0 spiro atoms. The van der Waals surface area contributed by atoms with Crippen LogP contribution in [-0.4, -0.2) is 11.6 Å². The number of hydrogen-bond donors (Lipinski definition) is 1. The van der Waals surface area contributed by atoms with Gasteiger partial charge in [-0.25, -0.2) is 5.43 Å². The van der Waals surface area contributed by atoms with Crippen molar-refractivity contribution in [3.63, 3.8) is 0 Å². The van der Waals surface area contributed by atoms with Crippen LogP contribution in [0.3, 0.4) is 0 Å². The summed E-state index contributed by atoms with van der Waals surface area (Å²) in [5.74, 6) is 0.224. The molecule has 0 saturated heterocycles. The Bertz CT molecular complexity index is 438. The predicted molar refractivity (Wildman–Crippen MR) is 67.2 cm³/mol. The van der Waals surface area contributed by atoms with E-state index in [1.807, 2.05) is 31.2 Å². The molecule has 3 nitrogen and oxygen atoms in total. The normalized spacial score (nSPS) is 16.0. The zero-order chi connectivity index (χ0) is 11.5. The first-order valence-corrected chi connectivity index (χ1v) is 6.07. The lowest BCUT2D eigenvalue weighted by molar-refractivity contribution is -0.122. The molecule has 1 amide bonds. The number of benzene rings is 1. The van der Waals surface area contributed by atoms with Crippen molar-refractivity contribution in [2.45, 2.75) is 19.8 Å². The minimum Gasteiger partial charge on any atom is -0.273 e. The number of carbonyl (C=O) groups excluding carboxylic acids is 1. The van der Waals surface area contributed by atoms with Crippen molar-refractivity contribution in [1.29, 1.82) is 0 Å². The Labute approximate surface area is 103 Å². The number of carbonyl (C=O) groups is 1. The summed E-state index contributed by atoms with van der Waals surface area (Å²) < 4.78 is 0.983. The number of hydrogen-bond acceptors (Lipinski definition) is 2. The third-order valence-electron chi connectivity index (χ3n) is 2.55. The number of nitrogens with one attached hydrogen (secondary N) is 1. The Morgan fingerprint density at radius 1 is 1.44 bits per heavy atom. The van der Waals surface area contributed by atoms with E-state index in [2.05, 4.69) is 26.5 Å². The second-order valence-electron chi connectivity index (χ2n) is 3.93. The molecule has 1 aliphatic rings. The molecule has 1 aromatic rings. The molecule has 1 aromatic carbocycles. The Kier molecular flexibility index (Phi) is 3.39. The van der Waals surface area contributed by atoms with Crippen LogP contribution in [0.15, 0.2) is 33.8 Å². The number of nitrogens with zero attached hydrogens (tertiary/aromatic N) is 1. The van der Waals surface area contributed by atoms with E-state index in [4.69, 9.17) is 0 Å². The zero-order valence-electron chi connectivity index (χ0n) is 9.03. The van der Waals surface area contributed by atoms with E-state index in [0.29, 0.717) is 0 Å². The standard InChI is InChI=1S/C12H13BrN2O/c1-8(10-4-2-3-5-11(10)13)14-15-12(16)9-6-7-9/h2-5,9H,6-7H2,1H3,(H,15,16)/b14-8+. The van der Waals surface area contributed by atoms with Crippen LogP contribution in [-0.2, 0) is 4.79 Å². The lowest BCUT2D eigenvalue weighted by Gasteiger charge is -2.04. The first-order chi connectivity index (χ1) is 7.68. The highest BCUT2D eigenvalue weighted by Gasteiger charge is 2.29. The Balaban J connectivity index is 2.06. The van der Waals surface area contributed by atoms with E-state index in [-0.39, 0.29) is 11.8 Å². The van der Waals surface area contributed by atoms with Crippen LogP contribution in [0.2, 0.25) is 0 Å². The fourth-order valence-corrected chi connectivity index (χ4v) is 1.96. The second kappa shape index (κ2) is 4.78. The van der Waals surface area contributed by atoms with Crippen LogP contribution >= 0.6 is 15.9 Å². The van der Waals surface area contributed by atoms with Gasteiger partial charge in [0.2, 0.25) is 5.91 Å². The van der Waals surface area contributed by atoms with Crippen molar-refractivity contribution < 1.29 is 4.79 Å². The van der Waals surface area contributed by atoms with E-state index in [0.717, 1.165) is 28.6 Å². The third-order valence-corrected chi connectivity index (χ3v) is 3.24. The SMILES string of the molecule is C/C(=N\NC(=O)C1CC1)c1ccccc1Br. The zero-order valence-corrected chi connectivity index (χ0v) is 10.6. The van der Waals surface area contributed by atoms with Crippen LogP contribution in [0.5, 0.6) is 0 Å².